The highest BCUT2D eigenvalue weighted by Crippen LogP contribution is 2.20. The van der Waals surface area contributed by atoms with E-state index >= 15 is 0 Å². The number of hydrogen-bond acceptors (Lipinski definition) is 4. The lowest BCUT2D eigenvalue weighted by Crippen LogP contribution is -2.27. The quantitative estimate of drug-likeness (QED) is 0.513. The van der Waals surface area contributed by atoms with Crippen molar-refractivity contribution in [3.05, 3.63) is 83.4 Å². The van der Waals surface area contributed by atoms with Crippen LogP contribution in [0.2, 0.25) is 0 Å². The molecule has 2 aromatic carbocycles. The SMILES string of the molecule is Cc1ccc(C)c(OCc2cc(C(=O)NCCn3ccc4ccccc43)no2)c1. The minimum atomic E-state index is -0.261. The lowest BCUT2D eigenvalue weighted by molar-refractivity contribution is 0.0943. The molecule has 6 nitrogen and oxygen atoms in total. The number of ether oxygens (including phenoxy) is 1. The molecule has 0 aliphatic rings. The number of carbonyl (C=O) groups excluding carboxylic acids is 1. The van der Waals surface area contributed by atoms with Crippen molar-refractivity contribution in [1.82, 2.24) is 15.0 Å². The van der Waals surface area contributed by atoms with Gasteiger partial charge in [-0.15, -0.1) is 0 Å². The molecule has 0 bridgehead atoms. The fourth-order valence-corrected chi connectivity index (χ4v) is 3.22. The first-order valence-corrected chi connectivity index (χ1v) is 9.58. The first-order valence-electron chi connectivity index (χ1n) is 9.58. The minimum absolute atomic E-state index is 0.222. The van der Waals surface area contributed by atoms with Gasteiger partial charge in [-0.1, -0.05) is 35.5 Å². The van der Waals surface area contributed by atoms with Gasteiger partial charge in [0, 0.05) is 30.9 Å². The normalized spacial score (nSPS) is 11.0. The van der Waals surface area contributed by atoms with E-state index in [0.717, 1.165) is 22.4 Å². The molecule has 1 N–H and O–H groups in total. The fourth-order valence-electron chi connectivity index (χ4n) is 3.22. The predicted octanol–water partition coefficient (Wildman–Crippen LogP) is 4.26. The molecule has 0 atom stereocenters. The number of carbonyl (C=O) groups is 1. The van der Waals surface area contributed by atoms with Crippen LogP contribution in [0.5, 0.6) is 5.75 Å². The molecule has 2 aromatic heterocycles. The van der Waals surface area contributed by atoms with Crippen LogP contribution < -0.4 is 10.1 Å². The van der Waals surface area contributed by atoms with Crippen molar-refractivity contribution in [3.63, 3.8) is 0 Å². The van der Waals surface area contributed by atoms with Gasteiger partial charge in [0.1, 0.15) is 12.4 Å². The molecule has 148 valence electrons. The number of para-hydroxylation sites is 1. The number of amides is 1. The molecule has 0 saturated carbocycles. The van der Waals surface area contributed by atoms with E-state index in [4.69, 9.17) is 9.26 Å². The highest BCUT2D eigenvalue weighted by molar-refractivity contribution is 5.92. The van der Waals surface area contributed by atoms with Crippen LogP contribution in [0.1, 0.15) is 27.4 Å². The molecule has 0 aliphatic heterocycles. The number of aryl methyl sites for hydroxylation is 2. The van der Waals surface area contributed by atoms with Crippen LogP contribution in [0.25, 0.3) is 10.9 Å². The zero-order valence-corrected chi connectivity index (χ0v) is 16.5. The molecule has 0 aliphatic carbocycles. The summed E-state index contributed by atoms with van der Waals surface area (Å²) in [5.41, 5.74) is 3.57. The van der Waals surface area contributed by atoms with Crippen LogP contribution in [-0.4, -0.2) is 22.2 Å². The molecule has 0 unspecified atom stereocenters. The Balaban J connectivity index is 1.30. The van der Waals surface area contributed by atoms with Gasteiger partial charge in [-0.2, -0.15) is 0 Å². The van der Waals surface area contributed by atoms with Crippen LogP contribution >= 0.6 is 0 Å². The smallest absolute Gasteiger partial charge is 0.273 e. The van der Waals surface area contributed by atoms with Crippen molar-refractivity contribution in [2.45, 2.75) is 27.0 Å². The zero-order valence-electron chi connectivity index (χ0n) is 16.5. The molecular weight excluding hydrogens is 366 g/mol. The van der Waals surface area contributed by atoms with Gasteiger partial charge in [0.05, 0.1) is 0 Å². The maximum absolute atomic E-state index is 12.3. The summed E-state index contributed by atoms with van der Waals surface area (Å²) in [5, 5.41) is 7.93. The number of rotatable bonds is 7. The molecule has 0 fully saturated rings. The Bertz CT molecular complexity index is 1140. The molecule has 0 radical (unpaired) electrons. The number of nitrogens with zero attached hydrogens (tertiary/aromatic N) is 2. The summed E-state index contributed by atoms with van der Waals surface area (Å²) in [5.74, 6) is 1.04. The average molecular weight is 389 g/mol. The molecule has 4 rings (SSSR count). The monoisotopic (exact) mass is 389 g/mol. The number of nitrogens with one attached hydrogen (secondary N) is 1. The zero-order chi connectivity index (χ0) is 20.2. The van der Waals surface area contributed by atoms with Gasteiger partial charge in [-0.05, 0) is 48.6 Å². The maximum atomic E-state index is 12.3. The summed E-state index contributed by atoms with van der Waals surface area (Å²) >= 11 is 0. The Kier molecular flexibility index (Phi) is 5.33. The van der Waals surface area contributed by atoms with E-state index in [9.17, 15) is 4.79 Å². The second-order valence-corrected chi connectivity index (χ2v) is 7.06. The summed E-state index contributed by atoms with van der Waals surface area (Å²) in [6.45, 7) is 5.40. The van der Waals surface area contributed by atoms with Crippen molar-refractivity contribution >= 4 is 16.8 Å². The fraction of sp³-hybridized carbons (Fsp3) is 0.217. The lowest BCUT2D eigenvalue weighted by Gasteiger charge is -2.07. The highest BCUT2D eigenvalue weighted by Gasteiger charge is 2.13. The van der Waals surface area contributed by atoms with E-state index in [-0.39, 0.29) is 18.2 Å². The van der Waals surface area contributed by atoms with Crippen LogP contribution in [0, 0.1) is 13.8 Å². The first-order chi connectivity index (χ1) is 14.1. The van der Waals surface area contributed by atoms with Gasteiger partial charge in [0.15, 0.2) is 11.5 Å². The number of fused-ring (bicyclic) bond motifs is 1. The van der Waals surface area contributed by atoms with Gasteiger partial charge < -0.3 is 19.1 Å². The third kappa shape index (κ3) is 4.32. The van der Waals surface area contributed by atoms with E-state index in [1.807, 2.05) is 50.4 Å². The van der Waals surface area contributed by atoms with Crippen LogP contribution in [0.3, 0.4) is 0 Å². The van der Waals surface area contributed by atoms with E-state index in [2.05, 4.69) is 33.2 Å². The van der Waals surface area contributed by atoms with Crippen molar-refractivity contribution < 1.29 is 14.1 Å². The Labute approximate surface area is 169 Å². The minimum Gasteiger partial charge on any atom is -0.485 e. The van der Waals surface area contributed by atoms with E-state index in [0.29, 0.717) is 18.8 Å². The van der Waals surface area contributed by atoms with Crippen molar-refractivity contribution in [1.29, 1.82) is 0 Å². The number of hydrogen-bond donors (Lipinski definition) is 1. The number of benzene rings is 2. The van der Waals surface area contributed by atoms with Gasteiger partial charge in [0.25, 0.3) is 5.91 Å². The second-order valence-electron chi connectivity index (χ2n) is 7.06. The third-order valence-electron chi connectivity index (χ3n) is 4.82. The summed E-state index contributed by atoms with van der Waals surface area (Å²) in [6.07, 6.45) is 2.02. The Hall–Kier alpha value is -3.54. The molecule has 4 aromatic rings. The Morgan fingerprint density at radius 3 is 2.90 bits per heavy atom. The molecular formula is C23H23N3O3. The van der Waals surface area contributed by atoms with Crippen LogP contribution in [0.15, 0.2) is 65.3 Å². The van der Waals surface area contributed by atoms with Gasteiger partial charge >= 0.3 is 0 Å². The topological polar surface area (TPSA) is 69.3 Å². The first kappa shape index (κ1) is 18.8. The van der Waals surface area contributed by atoms with Crippen LogP contribution in [0.4, 0.5) is 0 Å². The summed E-state index contributed by atoms with van der Waals surface area (Å²) in [4.78, 5) is 12.3. The van der Waals surface area contributed by atoms with Gasteiger partial charge in [-0.3, -0.25) is 4.79 Å². The van der Waals surface area contributed by atoms with Crippen LogP contribution in [-0.2, 0) is 13.2 Å². The van der Waals surface area contributed by atoms with E-state index in [1.165, 1.54) is 5.39 Å². The summed E-state index contributed by atoms with van der Waals surface area (Å²) < 4.78 is 13.2. The van der Waals surface area contributed by atoms with E-state index in [1.54, 1.807) is 6.07 Å². The van der Waals surface area contributed by atoms with Gasteiger partial charge in [0.2, 0.25) is 0 Å². The number of aromatic nitrogens is 2. The average Bonchev–Trinajstić information content (AvgIpc) is 3.36. The molecule has 2 heterocycles. The largest absolute Gasteiger partial charge is 0.485 e. The molecule has 0 saturated heterocycles. The van der Waals surface area contributed by atoms with E-state index < -0.39 is 0 Å². The Morgan fingerprint density at radius 1 is 1.14 bits per heavy atom. The molecule has 1 amide bonds. The maximum Gasteiger partial charge on any atom is 0.273 e. The standard InChI is InChI=1S/C23H23N3O3/c1-16-7-8-17(2)22(13-16)28-15-19-14-20(25-29-19)23(27)24-10-12-26-11-9-18-5-3-4-6-21(18)26/h3-9,11,13-14H,10,12,15H2,1-2H3,(H,24,27). The molecule has 29 heavy (non-hydrogen) atoms. The van der Waals surface area contributed by atoms with Crippen molar-refractivity contribution in [2.75, 3.05) is 6.54 Å². The predicted molar refractivity (Wildman–Crippen MR) is 111 cm³/mol. The van der Waals surface area contributed by atoms with Crippen molar-refractivity contribution in [2.24, 2.45) is 0 Å². The third-order valence-corrected chi connectivity index (χ3v) is 4.82. The second kappa shape index (κ2) is 8.22. The van der Waals surface area contributed by atoms with Crippen molar-refractivity contribution in [3.8, 4) is 5.75 Å². The Morgan fingerprint density at radius 2 is 2.00 bits per heavy atom. The molecule has 0 spiro atoms. The summed E-state index contributed by atoms with van der Waals surface area (Å²) in [6, 6.07) is 17.9. The highest BCUT2D eigenvalue weighted by atomic mass is 16.5. The summed E-state index contributed by atoms with van der Waals surface area (Å²) in [7, 11) is 0. The lowest BCUT2D eigenvalue weighted by atomic mass is 10.1. The van der Waals surface area contributed by atoms with Gasteiger partial charge in [-0.25, -0.2) is 0 Å². The molecule has 6 heteroatoms.